The lowest BCUT2D eigenvalue weighted by molar-refractivity contribution is -0.146. The summed E-state index contributed by atoms with van der Waals surface area (Å²) in [4.78, 5) is 36.5. The first-order valence-corrected chi connectivity index (χ1v) is 8.50. The van der Waals surface area contributed by atoms with Crippen molar-refractivity contribution in [1.82, 2.24) is 5.32 Å². The minimum atomic E-state index is -2.94. The molecule has 0 aliphatic rings. The second-order valence-corrected chi connectivity index (χ2v) is 6.49. The molecule has 0 atom stereocenters. The van der Waals surface area contributed by atoms with Gasteiger partial charge in [-0.2, -0.15) is 8.78 Å². The maximum atomic E-state index is 12.1. The minimum Gasteiger partial charge on any atom is -0.454 e. The first-order chi connectivity index (χ1) is 12.8. The first-order valence-electron chi connectivity index (χ1n) is 7.68. The van der Waals surface area contributed by atoms with Crippen LogP contribution in [-0.4, -0.2) is 37.5 Å². The van der Waals surface area contributed by atoms with E-state index in [-0.39, 0.29) is 12.3 Å². The Bertz CT molecular complexity index is 808. The Morgan fingerprint density at radius 2 is 1.81 bits per heavy atom. The zero-order valence-electron chi connectivity index (χ0n) is 14.2. The van der Waals surface area contributed by atoms with Gasteiger partial charge in [0.2, 0.25) is 0 Å². The number of aryl methyl sites for hydroxylation is 1. The molecule has 2 aromatic rings. The van der Waals surface area contributed by atoms with Gasteiger partial charge in [0.05, 0.1) is 4.88 Å². The molecule has 0 unspecified atom stereocenters. The standard InChI is InChI=1S/C17H16F2N2O5S/c1-10-2-7-13(27-10)16(24)20-8-15(23)25-9-14(22)21-11-3-5-12(6-4-11)26-17(18)19/h2-7,17H,8-9H2,1H3,(H,20,24)(H,21,22). The number of rotatable bonds is 8. The molecule has 0 aliphatic heterocycles. The Morgan fingerprint density at radius 3 is 2.41 bits per heavy atom. The summed E-state index contributed by atoms with van der Waals surface area (Å²) in [5.41, 5.74) is 0.319. The van der Waals surface area contributed by atoms with Crippen LogP contribution in [0.1, 0.15) is 14.5 Å². The molecule has 2 N–H and O–H groups in total. The topological polar surface area (TPSA) is 93.7 Å². The fraction of sp³-hybridized carbons (Fsp3) is 0.235. The molecule has 10 heteroatoms. The monoisotopic (exact) mass is 398 g/mol. The van der Waals surface area contributed by atoms with Crippen LogP contribution in [0, 0.1) is 6.92 Å². The van der Waals surface area contributed by atoms with E-state index < -0.39 is 31.0 Å². The smallest absolute Gasteiger partial charge is 0.387 e. The lowest BCUT2D eigenvalue weighted by Gasteiger charge is -2.08. The molecule has 0 spiro atoms. The number of anilines is 1. The number of thiophene rings is 1. The number of carbonyl (C=O) groups excluding carboxylic acids is 3. The molecule has 1 heterocycles. The summed E-state index contributed by atoms with van der Waals surface area (Å²) in [6.45, 7) is -2.01. The van der Waals surface area contributed by atoms with Gasteiger partial charge in [-0.3, -0.25) is 14.4 Å². The Morgan fingerprint density at radius 1 is 1.11 bits per heavy atom. The molecule has 0 saturated carbocycles. The summed E-state index contributed by atoms with van der Waals surface area (Å²) in [6.07, 6.45) is 0. The van der Waals surface area contributed by atoms with Gasteiger partial charge in [0, 0.05) is 10.6 Å². The van der Waals surface area contributed by atoms with Crippen molar-refractivity contribution in [2.45, 2.75) is 13.5 Å². The molecule has 2 amide bonds. The second-order valence-electron chi connectivity index (χ2n) is 5.20. The summed E-state index contributed by atoms with van der Waals surface area (Å²) in [7, 11) is 0. The molecule has 7 nitrogen and oxygen atoms in total. The number of halogens is 2. The average Bonchev–Trinajstić information content (AvgIpc) is 3.05. The van der Waals surface area contributed by atoms with Crippen molar-refractivity contribution in [3.63, 3.8) is 0 Å². The number of carbonyl (C=O) groups is 3. The highest BCUT2D eigenvalue weighted by Gasteiger charge is 2.12. The molecular formula is C17H16F2N2O5S. The quantitative estimate of drug-likeness (QED) is 0.667. The van der Waals surface area contributed by atoms with Crippen LogP contribution in [0.5, 0.6) is 5.75 Å². The highest BCUT2D eigenvalue weighted by atomic mass is 32.1. The number of hydrogen-bond acceptors (Lipinski definition) is 6. The first kappa shape index (κ1) is 20.3. The predicted molar refractivity (Wildman–Crippen MR) is 94.1 cm³/mol. The molecule has 0 bridgehead atoms. The SMILES string of the molecule is Cc1ccc(C(=O)NCC(=O)OCC(=O)Nc2ccc(OC(F)F)cc2)s1. The lowest BCUT2D eigenvalue weighted by atomic mass is 10.3. The summed E-state index contributed by atoms with van der Waals surface area (Å²) < 4.78 is 33.0. The number of nitrogens with one attached hydrogen (secondary N) is 2. The van der Waals surface area contributed by atoms with E-state index in [4.69, 9.17) is 4.74 Å². The molecule has 1 aromatic carbocycles. The fourth-order valence-electron chi connectivity index (χ4n) is 1.91. The van der Waals surface area contributed by atoms with Crippen LogP contribution in [0.3, 0.4) is 0 Å². The van der Waals surface area contributed by atoms with Crippen LogP contribution in [0.2, 0.25) is 0 Å². The van der Waals surface area contributed by atoms with Gasteiger partial charge in [0.1, 0.15) is 12.3 Å². The largest absolute Gasteiger partial charge is 0.454 e. The molecule has 0 aliphatic carbocycles. The van der Waals surface area contributed by atoms with E-state index in [1.807, 2.05) is 6.92 Å². The van der Waals surface area contributed by atoms with Crippen molar-refractivity contribution < 1.29 is 32.6 Å². The van der Waals surface area contributed by atoms with E-state index in [9.17, 15) is 23.2 Å². The Hall–Kier alpha value is -3.01. The molecular weight excluding hydrogens is 382 g/mol. The number of hydrogen-bond donors (Lipinski definition) is 2. The zero-order valence-corrected chi connectivity index (χ0v) is 15.0. The van der Waals surface area contributed by atoms with Crippen molar-refractivity contribution >= 4 is 34.8 Å². The summed E-state index contributed by atoms with van der Waals surface area (Å²) in [6, 6.07) is 8.67. The number of ether oxygens (including phenoxy) is 2. The van der Waals surface area contributed by atoms with Crippen molar-refractivity contribution in [2.24, 2.45) is 0 Å². The predicted octanol–water partition coefficient (Wildman–Crippen LogP) is 2.57. The van der Waals surface area contributed by atoms with Gasteiger partial charge < -0.3 is 20.1 Å². The molecule has 1 aromatic heterocycles. The molecule has 2 rings (SSSR count). The Labute approximate surface area is 157 Å². The van der Waals surface area contributed by atoms with Crippen molar-refractivity contribution in [3.8, 4) is 5.75 Å². The van der Waals surface area contributed by atoms with Gasteiger partial charge in [-0.15, -0.1) is 11.3 Å². The third kappa shape index (κ3) is 7.02. The van der Waals surface area contributed by atoms with Gasteiger partial charge in [0.15, 0.2) is 6.61 Å². The van der Waals surface area contributed by atoms with Crippen molar-refractivity contribution in [1.29, 1.82) is 0 Å². The van der Waals surface area contributed by atoms with Gasteiger partial charge >= 0.3 is 12.6 Å². The minimum absolute atomic E-state index is 0.0499. The number of alkyl halides is 2. The van der Waals surface area contributed by atoms with Crippen LogP contribution >= 0.6 is 11.3 Å². The van der Waals surface area contributed by atoms with Gasteiger partial charge in [-0.25, -0.2) is 0 Å². The van der Waals surface area contributed by atoms with E-state index in [1.165, 1.54) is 35.6 Å². The van der Waals surface area contributed by atoms with Gasteiger partial charge in [0.25, 0.3) is 11.8 Å². The summed E-state index contributed by atoms with van der Waals surface area (Å²) >= 11 is 1.29. The van der Waals surface area contributed by atoms with Crippen LogP contribution in [0.4, 0.5) is 14.5 Å². The van der Waals surface area contributed by atoms with Crippen LogP contribution in [-0.2, 0) is 14.3 Å². The van der Waals surface area contributed by atoms with E-state index in [1.54, 1.807) is 12.1 Å². The third-order valence-electron chi connectivity index (χ3n) is 3.08. The van der Waals surface area contributed by atoms with Crippen LogP contribution in [0.15, 0.2) is 36.4 Å². The average molecular weight is 398 g/mol. The number of benzene rings is 1. The highest BCUT2D eigenvalue weighted by molar-refractivity contribution is 7.13. The maximum absolute atomic E-state index is 12.1. The van der Waals surface area contributed by atoms with E-state index in [2.05, 4.69) is 15.4 Å². The van der Waals surface area contributed by atoms with Gasteiger partial charge in [-0.05, 0) is 43.3 Å². The van der Waals surface area contributed by atoms with Crippen LogP contribution < -0.4 is 15.4 Å². The van der Waals surface area contributed by atoms with Gasteiger partial charge in [-0.1, -0.05) is 0 Å². The molecule has 0 saturated heterocycles. The number of esters is 1. The molecule has 0 fully saturated rings. The zero-order chi connectivity index (χ0) is 19.8. The second kappa shape index (κ2) is 9.62. The van der Waals surface area contributed by atoms with Crippen LogP contribution in [0.25, 0.3) is 0 Å². The Kier molecular flexibility index (Phi) is 7.24. The highest BCUT2D eigenvalue weighted by Crippen LogP contribution is 2.17. The lowest BCUT2D eigenvalue weighted by Crippen LogP contribution is -2.31. The summed E-state index contributed by atoms with van der Waals surface area (Å²) in [5.74, 6) is -1.84. The van der Waals surface area contributed by atoms with Crippen molar-refractivity contribution in [3.05, 3.63) is 46.2 Å². The molecule has 27 heavy (non-hydrogen) atoms. The van der Waals surface area contributed by atoms with E-state index >= 15 is 0 Å². The number of amides is 2. The normalized spacial score (nSPS) is 10.4. The molecule has 0 radical (unpaired) electrons. The molecule has 144 valence electrons. The maximum Gasteiger partial charge on any atom is 0.387 e. The van der Waals surface area contributed by atoms with E-state index in [0.717, 1.165) is 4.88 Å². The summed E-state index contributed by atoms with van der Waals surface area (Å²) in [5, 5.41) is 4.82. The van der Waals surface area contributed by atoms with Crippen molar-refractivity contribution in [2.75, 3.05) is 18.5 Å². The fourth-order valence-corrected chi connectivity index (χ4v) is 2.69. The van der Waals surface area contributed by atoms with E-state index in [0.29, 0.717) is 10.6 Å². The third-order valence-corrected chi connectivity index (χ3v) is 4.08. The Balaban J connectivity index is 1.70.